The van der Waals surface area contributed by atoms with Crippen molar-refractivity contribution in [2.75, 3.05) is 5.32 Å². The number of nitrogens with one attached hydrogen (secondary N) is 1. The molecule has 0 saturated heterocycles. The largest absolute Gasteiger partial charge is 0.359 e. The fraction of sp³-hybridized carbons (Fsp3) is 0.429. The van der Waals surface area contributed by atoms with E-state index in [1.165, 1.54) is 6.07 Å². The maximum Gasteiger partial charge on any atom is 0.311 e. The second kappa shape index (κ2) is 5.90. The van der Waals surface area contributed by atoms with E-state index in [-0.39, 0.29) is 17.8 Å². The molecule has 0 aromatic carbocycles. The molecule has 1 aliphatic carbocycles. The Bertz CT molecular complexity index is 614. The molecule has 2 aromatic heterocycles. The van der Waals surface area contributed by atoms with E-state index in [2.05, 4.69) is 15.4 Å². The number of hydrogen-bond donors (Lipinski definition) is 1. The van der Waals surface area contributed by atoms with Crippen LogP contribution in [0.1, 0.15) is 31.7 Å². The van der Waals surface area contributed by atoms with Crippen LogP contribution in [-0.2, 0) is 0 Å². The Morgan fingerprint density at radius 3 is 2.90 bits per heavy atom. The molecule has 0 amide bonds. The molecule has 1 aliphatic rings. The molecule has 2 heterocycles. The monoisotopic (exact) mass is 287 g/mol. The standard InChI is InChI=1S/C14H17N5O2/c20-19(21)13-7-3-8-15-14(13)17-11-5-1-2-6-12(11)18-10-4-9-16-18/h3-4,7-12H,1-2,5-6H2,(H,15,17)/t11-,12+/m0/s1. The highest BCUT2D eigenvalue weighted by Crippen LogP contribution is 2.32. The molecule has 0 unspecified atom stereocenters. The lowest BCUT2D eigenvalue weighted by Crippen LogP contribution is -2.35. The maximum absolute atomic E-state index is 11.1. The second-order valence-electron chi connectivity index (χ2n) is 5.22. The number of anilines is 1. The van der Waals surface area contributed by atoms with Gasteiger partial charge in [0.15, 0.2) is 0 Å². The molecular weight excluding hydrogens is 270 g/mol. The van der Waals surface area contributed by atoms with Crippen LogP contribution in [0.4, 0.5) is 11.5 Å². The van der Waals surface area contributed by atoms with Gasteiger partial charge < -0.3 is 5.32 Å². The Labute approximate surface area is 122 Å². The first kappa shape index (κ1) is 13.5. The zero-order chi connectivity index (χ0) is 14.7. The molecule has 0 radical (unpaired) electrons. The fourth-order valence-electron chi connectivity index (χ4n) is 2.90. The van der Waals surface area contributed by atoms with Gasteiger partial charge in [0.2, 0.25) is 5.82 Å². The van der Waals surface area contributed by atoms with Crippen LogP contribution in [0.25, 0.3) is 0 Å². The van der Waals surface area contributed by atoms with Gasteiger partial charge >= 0.3 is 5.69 Å². The fourth-order valence-corrected chi connectivity index (χ4v) is 2.90. The molecule has 1 fully saturated rings. The number of nitro groups is 1. The summed E-state index contributed by atoms with van der Waals surface area (Å²) in [7, 11) is 0. The van der Waals surface area contributed by atoms with Gasteiger partial charge in [-0.2, -0.15) is 5.10 Å². The number of nitrogens with zero attached hydrogens (tertiary/aromatic N) is 4. The molecule has 110 valence electrons. The highest BCUT2D eigenvalue weighted by atomic mass is 16.6. The van der Waals surface area contributed by atoms with E-state index in [1.54, 1.807) is 18.5 Å². The Kier molecular flexibility index (Phi) is 3.81. The zero-order valence-electron chi connectivity index (χ0n) is 11.6. The molecule has 0 spiro atoms. The van der Waals surface area contributed by atoms with Gasteiger partial charge in [0, 0.05) is 24.7 Å². The second-order valence-corrected chi connectivity index (χ2v) is 5.22. The molecule has 1 saturated carbocycles. The van der Waals surface area contributed by atoms with Crippen LogP contribution >= 0.6 is 0 Å². The van der Waals surface area contributed by atoms with Crippen molar-refractivity contribution in [1.29, 1.82) is 0 Å². The van der Waals surface area contributed by atoms with Crippen LogP contribution in [-0.4, -0.2) is 25.7 Å². The highest BCUT2D eigenvalue weighted by molar-refractivity contribution is 5.55. The Morgan fingerprint density at radius 1 is 1.29 bits per heavy atom. The summed E-state index contributed by atoms with van der Waals surface area (Å²) in [5, 5.41) is 18.6. The van der Waals surface area contributed by atoms with E-state index in [9.17, 15) is 10.1 Å². The van der Waals surface area contributed by atoms with E-state index >= 15 is 0 Å². The molecule has 2 atom stereocenters. The lowest BCUT2D eigenvalue weighted by Gasteiger charge is -2.32. The Morgan fingerprint density at radius 2 is 2.14 bits per heavy atom. The van der Waals surface area contributed by atoms with Crippen molar-refractivity contribution >= 4 is 11.5 Å². The van der Waals surface area contributed by atoms with Crippen LogP contribution in [0.15, 0.2) is 36.8 Å². The molecule has 2 aromatic rings. The van der Waals surface area contributed by atoms with Crippen LogP contribution in [0, 0.1) is 10.1 Å². The van der Waals surface area contributed by atoms with Crippen LogP contribution < -0.4 is 5.32 Å². The van der Waals surface area contributed by atoms with Crippen molar-refractivity contribution in [3.05, 3.63) is 46.9 Å². The lowest BCUT2D eigenvalue weighted by atomic mass is 9.90. The third-order valence-electron chi connectivity index (χ3n) is 3.90. The van der Waals surface area contributed by atoms with Crippen molar-refractivity contribution in [3.63, 3.8) is 0 Å². The number of aromatic nitrogens is 3. The number of rotatable bonds is 4. The average Bonchev–Trinajstić information content (AvgIpc) is 3.02. The minimum atomic E-state index is -0.402. The summed E-state index contributed by atoms with van der Waals surface area (Å²) >= 11 is 0. The van der Waals surface area contributed by atoms with Crippen LogP contribution in [0.3, 0.4) is 0 Å². The van der Waals surface area contributed by atoms with Crippen molar-refractivity contribution in [1.82, 2.24) is 14.8 Å². The summed E-state index contributed by atoms with van der Waals surface area (Å²) in [6.45, 7) is 0. The number of pyridine rings is 1. The van der Waals surface area contributed by atoms with Crippen molar-refractivity contribution in [2.45, 2.75) is 37.8 Å². The van der Waals surface area contributed by atoms with E-state index in [4.69, 9.17) is 0 Å². The molecular formula is C14H17N5O2. The SMILES string of the molecule is O=[N+]([O-])c1cccnc1N[C@H]1CCCC[C@H]1n1cccn1. The Hall–Kier alpha value is -2.44. The summed E-state index contributed by atoms with van der Waals surface area (Å²) in [5.74, 6) is 0.339. The summed E-state index contributed by atoms with van der Waals surface area (Å²) < 4.78 is 1.94. The van der Waals surface area contributed by atoms with E-state index < -0.39 is 4.92 Å². The predicted octanol–water partition coefficient (Wildman–Crippen LogP) is 2.78. The molecule has 7 nitrogen and oxygen atoms in total. The topological polar surface area (TPSA) is 85.9 Å². The molecule has 0 aliphatic heterocycles. The molecule has 3 rings (SSSR count). The third-order valence-corrected chi connectivity index (χ3v) is 3.90. The highest BCUT2D eigenvalue weighted by Gasteiger charge is 2.29. The zero-order valence-corrected chi connectivity index (χ0v) is 11.6. The van der Waals surface area contributed by atoms with Gasteiger partial charge in [0.25, 0.3) is 0 Å². The van der Waals surface area contributed by atoms with E-state index in [1.807, 2.05) is 16.9 Å². The van der Waals surface area contributed by atoms with Gasteiger partial charge in [0.1, 0.15) is 0 Å². The van der Waals surface area contributed by atoms with Gasteiger partial charge in [-0.25, -0.2) is 4.98 Å². The van der Waals surface area contributed by atoms with E-state index in [0.29, 0.717) is 5.82 Å². The predicted molar refractivity (Wildman–Crippen MR) is 78.0 cm³/mol. The maximum atomic E-state index is 11.1. The molecule has 1 N–H and O–H groups in total. The van der Waals surface area contributed by atoms with Crippen molar-refractivity contribution < 1.29 is 4.92 Å². The van der Waals surface area contributed by atoms with Crippen LogP contribution in [0.5, 0.6) is 0 Å². The van der Waals surface area contributed by atoms with Gasteiger partial charge in [0.05, 0.1) is 17.0 Å². The minimum Gasteiger partial charge on any atom is -0.359 e. The van der Waals surface area contributed by atoms with Gasteiger partial charge in [-0.15, -0.1) is 0 Å². The van der Waals surface area contributed by atoms with E-state index in [0.717, 1.165) is 25.7 Å². The minimum absolute atomic E-state index is 0.0160. The normalized spacial score (nSPS) is 21.9. The quantitative estimate of drug-likeness (QED) is 0.690. The summed E-state index contributed by atoms with van der Waals surface area (Å²) in [4.78, 5) is 14.8. The number of hydrogen-bond acceptors (Lipinski definition) is 5. The average molecular weight is 287 g/mol. The third kappa shape index (κ3) is 2.86. The molecule has 21 heavy (non-hydrogen) atoms. The summed E-state index contributed by atoms with van der Waals surface area (Å²) in [6, 6.07) is 5.26. The first-order valence-corrected chi connectivity index (χ1v) is 7.11. The first-order valence-electron chi connectivity index (χ1n) is 7.11. The van der Waals surface area contributed by atoms with Crippen molar-refractivity contribution in [3.8, 4) is 0 Å². The summed E-state index contributed by atoms with van der Waals surface area (Å²) in [5.41, 5.74) is 0.0160. The van der Waals surface area contributed by atoms with Crippen molar-refractivity contribution in [2.24, 2.45) is 0 Å². The first-order chi connectivity index (χ1) is 10.3. The van der Waals surface area contributed by atoms with Crippen LogP contribution in [0.2, 0.25) is 0 Å². The lowest BCUT2D eigenvalue weighted by molar-refractivity contribution is -0.384. The molecule has 0 bridgehead atoms. The Balaban J connectivity index is 1.84. The van der Waals surface area contributed by atoms with Gasteiger partial charge in [-0.05, 0) is 25.0 Å². The molecule has 7 heteroatoms. The smallest absolute Gasteiger partial charge is 0.311 e. The van der Waals surface area contributed by atoms with Gasteiger partial charge in [-0.1, -0.05) is 12.8 Å². The summed E-state index contributed by atoms with van der Waals surface area (Å²) in [6.07, 6.45) is 9.49. The van der Waals surface area contributed by atoms with Gasteiger partial charge in [-0.3, -0.25) is 14.8 Å².